The number of fused-ring (bicyclic) bond motifs is 5. The molecule has 0 spiro atoms. The van der Waals surface area contributed by atoms with Crippen molar-refractivity contribution in [3.8, 4) is 0 Å². The van der Waals surface area contributed by atoms with E-state index in [2.05, 4.69) is 0 Å². The SMILES string of the molecule is O=C([O-])c1cc(N2C(=O)C3C4C=CC(O4)C3C2=O)ccc1Cl. The van der Waals surface area contributed by atoms with Crippen molar-refractivity contribution < 1.29 is 24.2 Å². The molecule has 0 N–H and O–H groups in total. The van der Waals surface area contributed by atoms with Crippen LogP contribution < -0.4 is 10.0 Å². The summed E-state index contributed by atoms with van der Waals surface area (Å²) in [5.41, 5.74) is -0.0680. The van der Waals surface area contributed by atoms with Gasteiger partial charge in [0.1, 0.15) is 0 Å². The van der Waals surface area contributed by atoms with Gasteiger partial charge in [-0.25, -0.2) is 4.90 Å². The van der Waals surface area contributed by atoms with E-state index in [-0.39, 0.29) is 40.3 Å². The minimum absolute atomic E-state index is 0.00638. The lowest BCUT2D eigenvalue weighted by Gasteiger charge is -2.19. The van der Waals surface area contributed by atoms with Crippen LogP contribution in [-0.4, -0.2) is 30.0 Å². The molecule has 4 rings (SSSR count). The van der Waals surface area contributed by atoms with E-state index >= 15 is 0 Å². The smallest absolute Gasteiger partial charge is 0.240 e. The fourth-order valence-electron chi connectivity index (χ4n) is 3.37. The minimum atomic E-state index is -1.46. The number of carboxylic acids is 1. The van der Waals surface area contributed by atoms with Gasteiger partial charge in [-0.15, -0.1) is 0 Å². The van der Waals surface area contributed by atoms with Gasteiger partial charge in [-0.1, -0.05) is 23.8 Å². The summed E-state index contributed by atoms with van der Waals surface area (Å²) in [6.45, 7) is 0. The van der Waals surface area contributed by atoms with E-state index in [4.69, 9.17) is 16.3 Å². The molecule has 4 atom stereocenters. The summed E-state index contributed by atoms with van der Waals surface area (Å²) in [7, 11) is 0. The summed E-state index contributed by atoms with van der Waals surface area (Å²) >= 11 is 5.78. The summed E-state index contributed by atoms with van der Waals surface area (Å²) < 4.78 is 5.54. The first kappa shape index (κ1) is 13.5. The number of hydrogen-bond donors (Lipinski definition) is 0. The zero-order valence-electron chi connectivity index (χ0n) is 11.1. The molecular formula is C15H9ClNO5-. The van der Waals surface area contributed by atoms with Crippen LogP contribution in [0.25, 0.3) is 0 Å². The minimum Gasteiger partial charge on any atom is -0.545 e. The fourth-order valence-corrected chi connectivity index (χ4v) is 3.56. The highest BCUT2D eigenvalue weighted by Gasteiger charge is 2.61. The number of benzene rings is 1. The predicted octanol–water partition coefficient (Wildman–Crippen LogP) is 0.146. The molecule has 7 heteroatoms. The molecule has 4 unspecified atom stereocenters. The average molecular weight is 319 g/mol. The lowest BCUT2D eigenvalue weighted by atomic mass is 9.85. The maximum absolute atomic E-state index is 12.5. The Hall–Kier alpha value is -2.18. The molecule has 0 saturated carbocycles. The number of ether oxygens (including phenoxy) is 1. The number of hydrogen-bond acceptors (Lipinski definition) is 5. The Morgan fingerprint density at radius 2 is 1.73 bits per heavy atom. The molecule has 2 amide bonds. The monoisotopic (exact) mass is 318 g/mol. The number of nitrogens with zero attached hydrogens (tertiary/aromatic N) is 1. The molecule has 0 aromatic heterocycles. The van der Waals surface area contributed by atoms with E-state index in [1.54, 1.807) is 12.2 Å². The first-order valence-corrected chi connectivity index (χ1v) is 7.09. The topological polar surface area (TPSA) is 86.7 Å². The van der Waals surface area contributed by atoms with Gasteiger partial charge in [0.05, 0.1) is 35.7 Å². The molecule has 2 saturated heterocycles. The van der Waals surface area contributed by atoms with Crippen LogP contribution in [0, 0.1) is 11.8 Å². The highest BCUT2D eigenvalue weighted by Crippen LogP contribution is 2.46. The third-order valence-electron chi connectivity index (χ3n) is 4.34. The average Bonchev–Trinajstić information content (AvgIpc) is 3.14. The van der Waals surface area contributed by atoms with Gasteiger partial charge in [-0.3, -0.25) is 9.59 Å². The molecule has 3 aliphatic heterocycles. The standard InChI is InChI=1S/C15H10ClNO5/c16-8-2-1-6(5-7(8)15(20)21)17-13(18)11-9-3-4-10(22-9)12(11)14(17)19/h1-5,9-12H,(H,20,21)/p-1. The lowest BCUT2D eigenvalue weighted by molar-refractivity contribution is -0.255. The van der Waals surface area contributed by atoms with Gasteiger partial charge < -0.3 is 14.6 Å². The molecular weight excluding hydrogens is 310 g/mol. The molecule has 6 nitrogen and oxygen atoms in total. The van der Waals surface area contributed by atoms with Crippen molar-refractivity contribution in [1.29, 1.82) is 0 Å². The normalized spacial score (nSPS) is 32.0. The number of halogens is 1. The van der Waals surface area contributed by atoms with E-state index in [1.165, 1.54) is 18.2 Å². The molecule has 3 aliphatic rings. The van der Waals surface area contributed by atoms with Crippen molar-refractivity contribution in [2.75, 3.05) is 4.90 Å². The number of rotatable bonds is 2. The Bertz CT molecular complexity index is 728. The van der Waals surface area contributed by atoms with Crippen LogP contribution in [0.15, 0.2) is 30.4 Å². The summed E-state index contributed by atoms with van der Waals surface area (Å²) in [6, 6.07) is 3.96. The van der Waals surface area contributed by atoms with Crippen LogP contribution in [0.4, 0.5) is 5.69 Å². The van der Waals surface area contributed by atoms with Crippen molar-refractivity contribution in [2.45, 2.75) is 12.2 Å². The maximum Gasteiger partial charge on any atom is 0.240 e. The van der Waals surface area contributed by atoms with E-state index < -0.39 is 17.8 Å². The van der Waals surface area contributed by atoms with Gasteiger partial charge in [0.15, 0.2) is 0 Å². The van der Waals surface area contributed by atoms with E-state index in [0.29, 0.717) is 0 Å². The van der Waals surface area contributed by atoms with Crippen LogP contribution in [0.3, 0.4) is 0 Å². The number of carbonyl (C=O) groups is 3. The molecule has 0 aliphatic carbocycles. The third kappa shape index (κ3) is 1.62. The highest BCUT2D eigenvalue weighted by atomic mass is 35.5. The molecule has 112 valence electrons. The molecule has 1 aromatic carbocycles. The summed E-state index contributed by atoms with van der Waals surface area (Å²) in [5.74, 6) is -3.29. The second-order valence-corrected chi connectivity index (χ2v) is 5.87. The van der Waals surface area contributed by atoms with Crippen molar-refractivity contribution in [1.82, 2.24) is 0 Å². The summed E-state index contributed by atoms with van der Waals surface area (Å²) in [6.07, 6.45) is 2.80. The van der Waals surface area contributed by atoms with E-state index in [0.717, 1.165) is 4.90 Å². The van der Waals surface area contributed by atoms with Gasteiger partial charge in [-0.05, 0) is 18.2 Å². The Kier molecular flexibility index (Phi) is 2.70. The maximum atomic E-state index is 12.5. The van der Waals surface area contributed by atoms with Crippen molar-refractivity contribution in [3.63, 3.8) is 0 Å². The zero-order chi connectivity index (χ0) is 15.6. The van der Waals surface area contributed by atoms with Crippen molar-refractivity contribution >= 4 is 35.1 Å². The molecule has 1 aromatic rings. The molecule has 22 heavy (non-hydrogen) atoms. The predicted molar refractivity (Wildman–Crippen MR) is 73.1 cm³/mol. The van der Waals surface area contributed by atoms with E-state index in [9.17, 15) is 19.5 Å². The number of anilines is 1. The summed E-state index contributed by atoms with van der Waals surface area (Å²) in [4.78, 5) is 37.2. The Morgan fingerprint density at radius 3 is 2.27 bits per heavy atom. The van der Waals surface area contributed by atoms with Crippen molar-refractivity contribution in [2.24, 2.45) is 11.8 Å². The Morgan fingerprint density at radius 1 is 1.14 bits per heavy atom. The van der Waals surface area contributed by atoms with Crippen LogP contribution >= 0.6 is 11.6 Å². The largest absolute Gasteiger partial charge is 0.545 e. The van der Waals surface area contributed by atoms with Crippen LogP contribution in [0.5, 0.6) is 0 Å². The van der Waals surface area contributed by atoms with Crippen LogP contribution in [0.2, 0.25) is 5.02 Å². The van der Waals surface area contributed by atoms with Gasteiger partial charge >= 0.3 is 0 Å². The number of aromatic carboxylic acids is 1. The second-order valence-electron chi connectivity index (χ2n) is 5.47. The van der Waals surface area contributed by atoms with Gasteiger partial charge in [0, 0.05) is 10.6 Å². The third-order valence-corrected chi connectivity index (χ3v) is 4.67. The van der Waals surface area contributed by atoms with Gasteiger partial charge in [-0.2, -0.15) is 0 Å². The van der Waals surface area contributed by atoms with Gasteiger partial charge in [0.25, 0.3) is 0 Å². The first-order valence-electron chi connectivity index (χ1n) is 6.71. The summed E-state index contributed by atoms with van der Waals surface area (Å²) in [5, 5.41) is 11.0. The molecule has 3 heterocycles. The first-order chi connectivity index (χ1) is 10.5. The number of carbonyl (C=O) groups excluding carboxylic acids is 3. The fraction of sp³-hybridized carbons (Fsp3) is 0.267. The van der Waals surface area contributed by atoms with Crippen LogP contribution in [-0.2, 0) is 14.3 Å². The second kappa shape index (κ2) is 4.41. The van der Waals surface area contributed by atoms with Gasteiger partial charge in [0.2, 0.25) is 11.8 Å². The number of imide groups is 1. The molecule has 0 radical (unpaired) electrons. The highest BCUT2D eigenvalue weighted by molar-refractivity contribution is 6.33. The number of carboxylic acid groups (broad SMARTS) is 1. The number of amides is 2. The quantitative estimate of drug-likeness (QED) is 0.572. The Labute approximate surface area is 129 Å². The Balaban J connectivity index is 1.76. The van der Waals surface area contributed by atoms with E-state index in [1.807, 2.05) is 0 Å². The van der Waals surface area contributed by atoms with Crippen molar-refractivity contribution in [3.05, 3.63) is 40.9 Å². The van der Waals surface area contributed by atoms with Crippen LogP contribution in [0.1, 0.15) is 10.4 Å². The lowest BCUT2D eigenvalue weighted by Crippen LogP contribution is -2.34. The molecule has 2 fully saturated rings. The zero-order valence-corrected chi connectivity index (χ0v) is 11.8. The molecule has 2 bridgehead atoms.